The van der Waals surface area contributed by atoms with Crippen molar-refractivity contribution in [3.05, 3.63) is 96.1 Å². The van der Waals surface area contributed by atoms with Crippen LogP contribution in [0.1, 0.15) is 37.3 Å². The Hall–Kier alpha value is -4.06. The Labute approximate surface area is 219 Å². The highest BCUT2D eigenvalue weighted by Gasteiger charge is 2.20. The van der Waals surface area contributed by atoms with E-state index in [0.29, 0.717) is 24.8 Å². The monoisotopic (exact) mass is 497 g/mol. The van der Waals surface area contributed by atoms with E-state index in [4.69, 9.17) is 4.74 Å². The van der Waals surface area contributed by atoms with Gasteiger partial charge in [-0.2, -0.15) is 0 Å². The van der Waals surface area contributed by atoms with Gasteiger partial charge in [0, 0.05) is 43.6 Å². The summed E-state index contributed by atoms with van der Waals surface area (Å²) < 4.78 is 5.64. The minimum absolute atomic E-state index is 0.0373. The van der Waals surface area contributed by atoms with E-state index in [1.807, 2.05) is 77.7 Å². The van der Waals surface area contributed by atoms with Gasteiger partial charge >= 0.3 is 0 Å². The van der Waals surface area contributed by atoms with Crippen LogP contribution < -0.4 is 15.0 Å². The maximum absolute atomic E-state index is 12.5. The van der Waals surface area contributed by atoms with Crippen molar-refractivity contribution in [3.8, 4) is 5.75 Å². The summed E-state index contributed by atoms with van der Waals surface area (Å²) in [6.45, 7) is 7.19. The topological polar surface area (TPSA) is 61.9 Å². The average Bonchev–Trinajstić information content (AvgIpc) is 2.95. The van der Waals surface area contributed by atoms with Crippen LogP contribution in [0.4, 0.5) is 11.4 Å². The van der Waals surface area contributed by atoms with Crippen molar-refractivity contribution in [2.75, 3.05) is 43.0 Å². The lowest BCUT2D eigenvalue weighted by Crippen LogP contribution is -2.48. The van der Waals surface area contributed by atoms with Gasteiger partial charge in [0.25, 0.3) is 5.91 Å². The zero-order valence-electron chi connectivity index (χ0n) is 21.6. The molecule has 1 N–H and O–H groups in total. The average molecular weight is 498 g/mol. The number of hydrogen-bond donors (Lipinski definition) is 1. The number of rotatable bonds is 9. The van der Waals surface area contributed by atoms with Gasteiger partial charge in [0.05, 0.1) is 0 Å². The summed E-state index contributed by atoms with van der Waals surface area (Å²) in [6.07, 6.45) is 4.59. The maximum atomic E-state index is 12.5. The predicted molar refractivity (Wildman–Crippen MR) is 150 cm³/mol. The second kappa shape index (κ2) is 12.8. The van der Waals surface area contributed by atoms with Gasteiger partial charge in [0.1, 0.15) is 5.75 Å². The van der Waals surface area contributed by atoms with E-state index in [0.717, 1.165) is 36.4 Å². The fourth-order valence-corrected chi connectivity index (χ4v) is 4.25. The molecule has 3 aromatic rings. The molecule has 1 heterocycles. The van der Waals surface area contributed by atoms with Crippen LogP contribution in [0.25, 0.3) is 6.08 Å². The van der Waals surface area contributed by atoms with Crippen molar-refractivity contribution < 1.29 is 14.3 Å². The molecular weight excluding hydrogens is 462 g/mol. The van der Waals surface area contributed by atoms with Crippen molar-refractivity contribution in [2.24, 2.45) is 0 Å². The SMILES string of the molecule is CC[C@H](C)c1ccc(OCC(=O)Nc2ccc(N3CCN(C(=O)/C=C/c4ccccc4)CC3)cc2)cc1. The Balaban J connectivity index is 1.21. The number of nitrogens with zero attached hydrogens (tertiary/aromatic N) is 2. The number of amides is 2. The lowest BCUT2D eigenvalue weighted by atomic mass is 9.99. The van der Waals surface area contributed by atoms with Crippen molar-refractivity contribution in [3.63, 3.8) is 0 Å². The molecule has 0 spiro atoms. The Bertz CT molecular complexity index is 1180. The predicted octanol–water partition coefficient (Wildman–Crippen LogP) is 5.58. The first-order valence-corrected chi connectivity index (χ1v) is 12.9. The normalized spacial score (nSPS) is 14.4. The smallest absolute Gasteiger partial charge is 0.262 e. The number of nitrogens with one attached hydrogen (secondary N) is 1. The van der Waals surface area contributed by atoms with Crippen LogP contribution in [0, 0.1) is 0 Å². The number of hydrogen-bond acceptors (Lipinski definition) is 4. The molecule has 192 valence electrons. The molecule has 6 nitrogen and oxygen atoms in total. The van der Waals surface area contributed by atoms with Crippen molar-refractivity contribution in [1.82, 2.24) is 4.90 Å². The quantitative estimate of drug-likeness (QED) is 0.392. The lowest BCUT2D eigenvalue weighted by Gasteiger charge is -2.35. The highest BCUT2D eigenvalue weighted by molar-refractivity contribution is 5.92. The zero-order chi connectivity index (χ0) is 26.0. The number of piperazine rings is 1. The van der Waals surface area contributed by atoms with E-state index in [1.165, 1.54) is 5.56 Å². The van der Waals surface area contributed by atoms with Gasteiger partial charge in [0.2, 0.25) is 5.91 Å². The first-order valence-electron chi connectivity index (χ1n) is 12.9. The van der Waals surface area contributed by atoms with Crippen LogP contribution >= 0.6 is 0 Å². The molecule has 6 heteroatoms. The summed E-state index contributed by atoms with van der Waals surface area (Å²) in [7, 11) is 0. The number of benzene rings is 3. The van der Waals surface area contributed by atoms with Crippen LogP contribution in [0.5, 0.6) is 5.75 Å². The number of anilines is 2. The molecular formula is C31H35N3O3. The van der Waals surface area contributed by atoms with Crippen LogP contribution in [0.3, 0.4) is 0 Å². The van der Waals surface area contributed by atoms with Crippen LogP contribution in [-0.2, 0) is 9.59 Å². The van der Waals surface area contributed by atoms with Gasteiger partial charge in [0.15, 0.2) is 6.61 Å². The highest BCUT2D eigenvalue weighted by atomic mass is 16.5. The standard InChI is InChI=1S/C31H35N3O3/c1-3-24(2)26-10-16-29(17-11-26)37-23-30(35)32-27-12-14-28(15-13-27)33-19-21-34(22-20-33)31(36)18-9-25-7-5-4-6-8-25/h4-18,24H,3,19-23H2,1-2H3,(H,32,35)/b18-9+/t24-/m0/s1. The molecule has 37 heavy (non-hydrogen) atoms. The van der Waals surface area contributed by atoms with Gasteiger partial charge in [-0.15, -0.1) is 0 Å². The molecule has 0 aliphatic carbocycles. The van der Waals surface area contributed by atoms with Crippen molar-refractivity contribution >= 4 is 29.3 Å². The van der Waals surface area contributed by atoms with E-state index in [1.54, 1.807) is 6.08 Å². The summed E-state index contributed by atoms with van der Waals surface area (Å²) in [5.74, 6) is 1.03. The van der Waals surface area contributed by atoms with Crippen LogP contribution in [-0.4, -0.2) is 49.5 Å². The van der Waals surface area contributed by atoms with Crippen LogP contribution in [0.15, 0.2) is 84.9 Å². The first kappa shape index (κ1) is 26.0. The zero-order valence-corrected chi connectivity index (χ0v) is 21.6. The van der Waals surface area contributed by atoms with Gasteiger partial charge < -0.3 is 19.9 Å². The fourth-order valence-electron chi connectivity index (χ4n) is 4.25. The second-order valence-corrected chi connectivity index (χ2v) is 9.32. The van der Waals surface area contributed by atoms with E-state index < -0.39 is 0 Å². The number of ether oxygens (including phenoxy) is 1. The summed E-state index contributed by atoms with van der Waals surface area (Å²) in [4.78, 5) is 29.0. The maximum Gasteiger partial charge on any atom is 0.262 e. The molecule has 1 saturated heterocycles. The molecule has 0 aromatic heterocycles. The molecule has 0 bridgehead atoms. The third kappa shape index (κ3) is 7.46. The molecule has 1 fully saturated rings. The van der Waals surface area contributed by atoms with Gasteiger partial charge in [-0.1, -0.05) is 56.3 Å². The first-order chi connectivity index (χ1) is 18.0. The third-order valence-corrected chi connectivity index (χ3v) is 6.76. The third-order valence-electron chi connectivity index (χ3n) is 6.76. The number of carbonyl (C=O) groups is 2. The van der Waals surface area contributed by atoms with Gasteiger partial charge in [-0.25, -0.2) is 0 Å². The minimum atomic E-state index is -0.200. The van der Waals surface area contributed by atoms with E-state index in [-0.39, 0.29) is 18.4 Å². The van der Waals surface area contributed by atoms with Crippen molar-refractivity contribution in [1.29, 1.82) is 0 Å². The summed E-state index contributed by atoms with van der Waals surface area (Å²) in [6, 6.07) is 25.6. The Kier molecular flexibility index (Phi) is 8.98. The van der Waals surface area contributed by atoms with Gasteiger partial charge in [-0.05, 0) is 65.9 Å². The van der Waals surface area contributed by atoms with E-state index in [9.17, 15) is 9.59 Å². The van der Waals surface area contributed by atoms with E-state index >= 15 is 0 Å². The Morgan fingerprint density at radius 2 is 1.59 bits per heavy atom. The largest absolute Gasteiger partial charge is 0.484 e. The minimum Gasteiger partial charge on any atom is -0.484 e. The Morgan fingerprint density at radius 1 is 0.919 bits per heavy atom. The number of carbonyl (C=O) groups excluding carboxylic acids is 2. The molecule has 1 aliphatic rings. The second-order valence-electron chi connectivity index (χ2n) is 9.32. The molecule has 4 rings (SSSR count). The summed E-state index contributed by atoms with van der Waals surface area (Å²) in [5.41, 5.74) is 4.09. The van der Waals surface area contributed by atoms with Crippen molar-refractivity contribution in [2.45, 2.75) is 26.2 Å². The van der Waals surface area contributed by atoms with Crippen LogP contribution in [0.2, 0.25) is 0 Å². The highest BCUT2D eigenvalue weighted by Crippen LogP contribution is 2.22. The molecule has 3 aromatic carbocycles. The fraction of sp³-hybridized carbons (Fsp3) is 0.290. The van der Waals surface area contributed by atoms with E-state index in [2.05, 4.69) is 36.2 Å². The summed E-state index contributed by atoms with van der Waals surface area (Å²) >= 11 is 0. The van der Waals surface area contributed by atoms with Gasteiger partial charge in [-0.3, -0.25) is 9.59 Å². The molecule has 1 atom stereocenters. The molecule has 0 saturated carbocycles. The lowest BCUT2D eigenvalue weighted by molar-refractivity contribution is -0.126. The molecule has 2 amide bonds. The molecule has 0 radical (unpaired) electrons. The molecule has 1 aliphatic heterocycles. The molecule has 0 unspecified atom stereocenters. The Morgan fingerprint density at radius 3 is 2.24 bits per heavy atom. The summed E-state index contributed by atoms with van der Waals surface area (Å²) in [5, 5.41) is 2.89.